The summed E-state index contributed by atoms with van der Waals surface area (Å²) in [6.45, 7) is 0.779. The zero-order valence-corrected chi connectivity index (χ0v) is 12.9. The van der Waals surface area contributed by atoms with E-state index in [1.54, 1.807) is 6.20 Å². The van der Waals surface area contributed by atoms with E-state index in [0.717, 1.165) is 42.3 Å². The monoisotopic (exact) mass is 315 g/mol. The maximum absolute atomic E-state index is 11.7. The quantitative estimate of drug-likeness (QED) is 0.854. The summed E-state index contributed by atoms with van der Waals surface area (Å²) in [6.07, 6.45) is 4.56. The van der Waals surface area contributed by atoms with E-state index in [1.165, 1.54) is 5.56 Å². The second-order valence-electron chi connectivity index (χ2n) is 5.50. The van der Waals surface area contributed by atoms with Gasteiger partial charge in [0, 0.05) is 17.5 Å². The van der Waals surface area contributed by atoms with Crippen molar-refractivity contribution in [3.8, 4) is 0 Å². The number of carbonyl (C=O) groups is 1. The van der Waals surface area contributed by atoms with Gasteiger partial charge in [-0.15, -0.1) is 0 Å². The summed E-state index contributed by atoms with van der Waals surface area (Å²) in [5.41, 5.74) is 1.94. The van der Waals surface area contributed by atoms with Gasteiger partial charge in [-0.3, -0.25) is 4.79 Å². The fourth-order valence-corrected chi connectivity index (χ4v) is 2.40. The van der Waals surface area contributed by atoms with Crippen LogP contribution in [0, 0.1) is 5.92 Å². The number of amides is 1. The van der Waals surface area contributed by atoms with Crippen molar-refractivity contribution in [2.24, 2.45) is 5.92 Å². The van der Waals surface area contributed by atoms with Crippen LogP contribution >= 0.6 is 11.6 Å². The summed E-state index contributed by atoms with van der Waals surface area (Å²) in [4.78, 5) is 16.0. The Balaban J connectivity index is 1.47. The van der Waals surface area contributed by atoms with E-state index in [4.69, 9.17) is 11.6 Å². The molecule has 2 N–H and O–H groups in total. The van der Waals surface area contributed by atoms with Crippen LogP contribution in [0.3, 0.4) is 0 Å². The van der Waals surface area contributed by atoms with Crippen LogP contribution in [0.25, 0.3) is 0 Å². The molecule has 1 saturated carbocycles. The van der Waals surface area contributed by atoms with Gasteiger partial charge < -0.3 is 10.6 Å². The predicted octanol–water partition coefficient (Wildman–Crippen LogP) is 3.74. The van der Waals surface area contributed by atoms with E-state index in [-0.39, 0.29) is 11.8 Å². The molecular weight excluding hydrogens is 298 g/mol. The largest absolute Gasteiger partial charge is 0.370 e. The minimum Gasteiger partial charge on any atom is -0.370 e. The first-order valence-corrected chi connectivity index (χ1v) is 7.84. The lowest BCUT2D eigenvalue weighted by Gasteiger charge is -2.08. The van der Waals surface area contributed by atoms with Gasteiger partial charge in [0.05, 0.1) is 11.9 Å². The van der Waals surface area contributed by atoms with Gasteiger partial charge in [-0.2, -0.15) is 0 Å². The van der Waals surface area contributed by atoms with Gasteiger partial charge >= 0.3 is 0 Å². The lowest BCUT2D eigenvalue weighted by Crippen LogP contribution is -2.13. The van der Waals surface area contributed by atoms with E-state index in [9.17, 15) is 4.79 Å². The average molecular weight is 316 g/mol. The summed E-state index contributed by atoms with van der Waals surface area (Å²) in [7, 11) is 0. The van der Waals surface area contributed by atoms with Gasteiger partial charge in [0.2, 0.25) is 5.91 Å². The van der Waals surface area contributed by atoms with E-state index >= 15 is 0 Å². The molecule has 3 rings (SSSR count). The number of carbonyl (C=O) groups excluding carboxylic acids is 1. The molecule has 1 heterocycles. The first-order valence-electron chi connectivity index (χ1n) is 7.46. The molecule has 1 aliphatic carbocycles. The molecule has 0 saturated heterocycles. The van der Waals surface area contributed by atoms with Crippen LogP contribution in [-0.2, 0) is 11.2 Å². The number of halogens is 1. The Morgan fingerprint density at radius 2 is 2.14 bits per heavy atom. The molecule has 0 unspecified atom stereocenters. The van der Waals surface area contributed by atoms with Gasteiger partial charge in [-0.25, -0.2) is 4.98 Å². The lowest BCUT2D eigenvalue weighted by molar-refractivity contribution is -0.117. The van der Waals surface area contributed by atoms with Gasteiger partial charge in [-0.1, -0.05) is 23.7 Å². The van der Waals surface area contributed by atoms with Crippen molar-refractivity contribution < 1.29 is 4.79 Å². The second kappa shape index (κ2) is 6.79. The molecule has 0 spiro atoms. The lowest BCUT2D eigenvalue weighted by atomic mass is 10.1. The molecule has 4 nitrogen and oxygen atoms in total. The van der Waals surface area contributed by atoms with Crippen LogP contribution in [0.5, 0.6) is 0 Å². The third-order valence-electron chi connectivity index (χ3n) is 3.59. The third kappa shape index (κ3) is 4.21. The number of nitrogens with one attached hydrogen (secondary N) is 2. The van der Waals surface area contributed by atoms with E-state index in [1.807, 2.05) is 30.3 Å². The molecule has 2 aromatic rings. The fraction of sp³-hybridized carbons (Fsp3) is 0.294. The number of hydrogen-bond donors (Lipinski definition) is 2. The first kappa shape index (κ1) is 14.9. The number of benzene rings is 1. The summed E-state index contributed by atoms with van der Waals surface area (Å²) in [6, 6.07) is 11.6. The fourth-order valence-electron chi connectivity index (χ4n) is 2.19. The van der Waals surface area contributed by atoms with Crippen LogP contribution < -0.4 is 10.6 Å². The minimum absolute atomic E-state index is 0.100. The van der Waals surface area contributed by atoms with Gasteiger partial charge in [0.15, 0.2) is 0 Å². The zero-order valence-electron chi connectivity index (χ0n) is 12.2. The molecule has 0 atom stereocenters. The van der Waals surface area contributed by atoms with Gasteiger partial charge in [-0.05, 0) is 49.1 Å². The summed E-state index contributed by atoms with van der Waals surface area (Å²) in [5.74, 6) is 1.10. The van der Waals surface area contributed by atoms with Crippen LogP contribution in [0.2, 0.25) is 5.02 Å². The summed E-state index contributed by atoms with van der Waals surface area (Å²) < 4.78 is 0. The average Bonchev–Trinajstić information content (AvgIpc) is 3.34. The molecule has 0 radical (unpaired) electrons. The minimum atomic E-state index is 0.100. The highest BCUT2D eigenvalue weighted by atomic mass is 35.5. The van der Waals surface area contributed by atoms with Gasteiger partial charge in [0.1, 0.15) is 5.82 Å². The summed E-state index contributed by atoms with van der Waals surface area (Å²) >= 11 is 5.96. The first-order chi connectivity index (χ1) is 10.7. The molecule has 1 aromatic heterocycles. The molecule has 1 amide bonds. The number of pyridine rings is 1. The van der Waals surface area contributed by atoms with Crippen LogP contribution in [-0.4, -0.2) is 17.4 Å². The molecule has 5 heteroatoms. The van der Waals surface area contributed by atoms with Crippen LogP contribution in [0.4, 0.5) is 11.5 Å². The third-order valence-corrected chi connectivity index (χ3v) is 3.82. The van der Waals surface area contributed by atoms with Crippen molar-refractivity contribution in [1.29, 1.82) is 0 Å². The smallest absolute Gasteiger partial charge is 0.227 e. The van der Waals surface area contributed by atoms with E-state index < -0.39 is 0 Å². The van der Waals surface area contributed by atoms with Crippen molar-refractivity contribution in [1.82, 2.24) is 4.98 Å². The maximum atomic E-state index is 11.7. The normalized spacial score (nSPS) is 13.7. The predicted molar refractivity (Wildman–Crippen MR) is 89.2 cm³/mol. The zero-order chi connectivity index (χ0) is 15.4. The Morgan fingerprint density at radius 3 is 2.82 bits per heavy atom. The Morgan fingerprint density at radius 1 is 1.27 bits per heavy atom. The molecule has 114 valence electrons. The summed E-state index contributed by atoms with van der Waals surface area (Å²) in [5, 5.41) is 6.89. The molecule has 1 fully saturated rings. The molecular formula is C17H18ClN3O. The van der Waals surface area contributed by atoms with E-state index in [2.05, 4.69) is 21.7 Å². The highest BCUT2D eigenvalue weighted by Crippen LogP contribution is 2.30. The number of anilines is 2. The highest BCUT2D eigenvalue weighted by molar-refractivity contribution is 6.30. The van der Waals surface area contributed by atoms with Crippen molar-refractivity contribution in [2.45, 2.75) is 19.3 Å². The number of nitrogens with zero attached hydrogens (tertiary/aromatic N) is 1. The van der Waals surface area contributed by atoms with Crippen molar-refractivity contribution >= 4 is 29.0 Å². The molecule has 1 aliphatic rings. The highest BCUT2D eigenvalue weighted by Gasteiger charge is 2.29. The van der Waals surface area contributed by atoms with Gasteiger partial charge in [0.25, 0.3) is 0 Å². The SMILES string of the molecule is O=C(Nc1ccc(NCCc2cccc(Cl)c2)nc1)C1CC1. The van der Waals surface area contributed by atoms with Crippen LogP contribution in [0.15, 0.2) is 42.6 Å². The Bertz CT molecular complexity index is 653. The number of rotatable bonds is 6. The molecule has 22 heavy (non-hydrogen) atoms. The van der Waals surface area contributed by atoms with Crippen molar-refractivity contribution in [3.05, 3.63) is 53.2 Å². The van der Waals surface area contributed by atoms with Crippen LogP contribution in [0.1, 0.15) is 18.4 Å². The maximum Gasteiger partial charge on any atom is 0.227 e. The van der Waals surface area contributed by atoms with Crippen molar-refractivity contribution in [3.63, 3.8) is 0 Å². The standard InChI is InChI=1S/C17H18ClN3O/c18-14-3-1-2-12(10-14)8-9-19-16-7-6-15(11-20-16)21-17(22)13-4-5-13/h1-3,6-7,10-11,13H,4-5,8-9H2,(H,19,20)(H,21,22). The number of aromatic nitrogens is 1. The van der Waals surface area contributed by atoms with E-state index in [0.29, 0.717) is 0 Å². The Hall–Kier alpha value is -2.07. The molecule has 0 aliphatic heterocycles. The Labute approximate surface area is 134 Å². The second-order valence-corrected chi connectivity index (χ2v) is 5.94. The van der Waals surface area contributed by atoms with Crippen molar-refractivity contribution in [2.75, 3.05) is 17.2 Å². The molecule has 1 aromatic carbocycles. The Kier molecular flexibility index (Phi) is 4.59. The topological polar surface area (TPSA) is 54.0 Å². The molecule has 0 bridgehead atoms. The number of hydrogen-bond acceptors (Lipinski definition) is 3.